The van der Waals surface area contributed by atoms with Crippen molar-refractivity contribution in [1.29, 1.82) is 0 Å². The SMILES string of the molecule is CC1CCCC1NC(=O)NCCCOCCO. The average molecular weight is 244 g/mol. The predicted molar refractivity (Wildman–Crippen MR) is 65.9 cm³/mol. The maximum absolute atomic E-state index is 11.5. The number of hydrogen-bond donors (Lipinski definition) is 3. The van der Waals surface area contributed by atoms with Crippen LogP contribution in [0.1, 0.15) is 32.6 Å². The molecular weight excluding hydrogens is 220 g/mol. The van der Waals surface area contributed by atoms with Crippen LogP contribution in [0.3, 0.4) is 0 Å². The van der Waals surface area contributed by atoms with Gasteiger partial charge in [-0.2, -0.15) is 0 Å². The smallest absolute Gasteiger partial charge is 0.315 e. The van der Waals surface area contributed by atoms with Crippen molar-refractivity contribution in [3.05, 3.63) is 0 Å². The fraction of sp³-hybridized carbons (Fsp3) is 0.917. The number of amides is 2. The van der Waals surface area contributed by atoms with E-state index in [0.717, 1.165) is 12.8 Å². The van der Waals surface area contributed by atoms with Crippen LogP contribution < -0.4 is 10.6 Å². The summed E-state index contributed by atoms with van der Waals surface area (Å²) < 4.78 is 5.09. The number of ether oxygens (including phenoxy) is 1. The molecule has 2 unspecified atom stereocenters. The third kappa shape index (κ3) is 5.89. The van der Waals surface area contributed by atoms with Gasteiger partial charge in [-0.1, -0.05) is 13.3 Å². The minimum absolute atomic E-state index is 0.0491. The molecule has 1 fully saturated rings. The summed E-state index contributed by atoms with van der Waals surface area (Å²) in [6.07, 6.45) is 4.28. The third-order valence-electron chi connectivity index (χ3n) is 3.16. The van der Waals surface area contributed by atoms with E-state index in [2.05, 4.69) is 17.6 Å². The second kappa shape index (κ2) is 8.31. The molecule has 100 valence electrons. The highest BCUT2D eigenvalue weighted by Crippen LogP contribution is 2.24. The molecule has 0 aromatic carbocycles. The van der Waals surface area contributed by atoms with Crippen molar-refractivity contribution in [1.82, 2.24) is 10.6 Å². The minimum atomic E-state index is -0.0779. The quantitative estimate of drug-likeness (QED) is 0.582. The zero-order valence-electron chi connectivity index (χ0n) is 10.6. The number of carbonyl (C=O) groups is 1. The molecule has 1 saturated carbocycles. The molecule has 2 amide bonds. The molecule has 0 spiro atoms. The second-order valence-corrected chi connectivity index (χ2v) is 4.60. The Morgan fingerprint density at radius 1 is 1.41 bits per heavy atom. The van der Waals surface area contributed by atoms with Crippen LogP contribution in [-0.4, -0.2) is 43.5 Å². The molecule has 17 heavy (non-hydrogen) atoms. The van der Waals surface area contributed by atoms with E-state index in [0.29, 0.717) is 31.7 Å². The lowest BCUT2D eigenvalue weighted by Gasteiger charge is -2.17. The largest absolute Gasteiger partial charge is 0.394 e. The highest BCUT2D eigenvalue weighted by molar-refractivity contribution is 5.74. The Balaban J connectivity index is 1.97. The zero-order valence-corrected chi connectivity index (χ0v) is 10.6. The van der Waals surface area contributed by atoms with Crippen molar-refractivity contribution in [2.75, 3.05) is 26.4 Å². The van der Waals surface area contributed by atoms with Gasteiger partial charge in [-0.15, -0.1) is 0 Å². The van der Waals surface area contributed by atoms with Gasteiger partial charge in [0.05, 0.1) is 13.2 Å². The van der Waals surface area contributed by atoms with Crippen LogP contribution in [0.5, 0.6) is 0 Å². The summed E-state index contributed by atoms with van der Waals surface area (Å²) in [5.74, 6) is 0.591. The Morgan fingerprint density at radius 3 is 2.88 bits per heavy atom. The van der Waals surface area contributed by atoms with Crippen LogP contribution in [0.4, 0.5) is 4.79 Å². The number of hydrogen-bond acceptors (Lipinski definition) is 3. The first kappa shape index (κ1) is 14.3. The molecule has 1 rings (SSSR count). The molecule has 1 aliphatic rings. The molecule has 0 aliphatic heterocycles. The molecule has 0 radical (unpaired) electrons. The van der Waals surface area contributed by atoms with Crippen molar-refractivity contribution in [2.24, 2.45) is 5.92 Å². The van der Waals surface area contributed by atoms with Crippen LogP contribution in [0.2, 0.25) is 0 Å². The highest BCUT2D eigenvalue weighted by atomic mass is 16.5. The van der Waals surface area contributed by atoms with E-state index >= 15 is 0 Å². The van der Waals surface area contributed by atoms with Crippen LogP contribution >= 0.6 is 0 Å². The van der Waals surface area contributed by atoms with E-state index < -0.39 is 0 Å². The number of carbonyl (C=O) groups excluding carboxylic acids is 1. The van der Waals surface area contributed by atoms with Gasteiger partial charge in [0.1, 0.15) is 0 Å². The van der Waals surface area contributed by atoms with E-state index in [1.807, 2.05) is 0 Å². The van der Waals surface area contributed by atoms with Crippen LogP contribution in [0.25, 0.3) is 0 Å². The maximum Gasteiger partial charge on any atom is 0.315 e. The Labute approximate surface area is 103 Å². The van der Waals surface area contributed by atoms with Gasteiger partial charge in [-0.05, 0) is 25.2 Å². The number of aliphatic hydroxyl groups excluding tert-OH is 1. The van der Waals surface area contributed by atoms with Gasteiger partial charge in [-0.25, -0.2) is 4.79 Å². The predicted octanol–water partition coefficient (Wildman–Crippen LogP) is 0.873. The van der Waals surface area contributed by atoms with Crippen molar-refractivity contribution in [3.8, 4) is 0 Å². The Hall–Kier alpha value is -0.810. The number of nitrogens with one attached hydrogen (secondary N) is 2. The van der Waals surface area contributed by atoms with Crippen molar-refractivity contribution >= 4 is 6.03 Å². The Kier molecular flexibility index (Phi) is 6.96. The lowest BCUT2D eigenvalue weighted by Crippen LogP contribution is -2.43. The molecule has 3 N–H and O–H groups in total. The first-order valence-electron chi connectivity index (χ1n) is 6.47. The van der Waals surface area contributed by atoms with Crippen LogP contribution in [0, 0.1) is 5.92 Å². The summed E-state index contributed by atoms with van der Waals surface area (Å²) in [5.41, 5.74) is 0. The van der Waals surface area contributed by atoms with E-state index in [4.69, 9.17) is 9.84 Å². The van der Waals surface area contributed by atoms with E-state index in [1.54, 1.807) is 0 Å². The first-order chi connectivity index (χ1) is 8.24. The maximum atomic E-state index is 11.5. The van der Waals surface area contributed by atoms with Gasteiger partial charge < -0.3 is 20.5 Å². The van der Waals surface area contributed by atoms with Crippen molar-refractivity contribution in [2.45, 2.75) is 38.6 Å². The number of urea groups is 1. The van der Waals surface area contributed by atoms with Crippen molar-refractivity contribution in [3.63, 3.8) is 0 Å². The molecule has 2 atom stereocenters. The summed E-state index contributed by atoms with van der Waals surface area (Å²) in [5, 5.41) is 14.3. The van der Waals surface area contributed by atoms with Gasteiger partial charge in [-0.3, -0.25) is 0 Å². The van der Waals surface area contributed by atoms with E-state index in [1.165, 1.54) is 12.8 Å². The average Bonchev–Trinajstić information content (AvgIpc) is 2.69. The van der Waals surface area contributed by atoms with E-state index in [-0.39, 0.29) is 12.6 Å². The fourth-order valence-corrected chi connectivity index (χ4v) is 2.12. The first-order valence-corrected chi connectivity index (χ1v) is 6.47. The molecule has 0 bridgehead atoms. The summed E-state index contributed by atoms with van der Waals surface area (Å²) in [6.45, 7) is 3.78. The fourth-order valence-electron chi connectivity index (χ4n) is 2.12. The number of rotatable bonds is 7. The van der Waals surface area contributed by atoms with Gasteiger partial charge >= 0.3 is 6.03 Å². The topological polar surface area (TPSA) is 70.6 Å². The van der Waals surface area contributed by atoms with Gasteiger partial charge in [0, 0.05) is 19.2 Å². The third-order valence-corrected chi connectivity index (χ3v) is 3.16. The van der Waals surface area contributed by atoms with Crippen LogP contribution in [-0.2, 0) is 4.74 Å². The van der Waals surface area contributed by atoms with Crippen molar-refractivity contribution < 1.29 is 14.6 Å². The molecule has 1 aliphatic carbocycles. The molecule has 0 aromatic rings. The molecular formula is C12H24N2O3. The molecule has 0 saturated heterocycles. The van der Waals surface area contributed by atoms with Gasteiger partial charge in [0.15, 0.2) is 0 Å². The molecule has 5 heteroatoms. The summed E-state index contributed by atoms with van der Waals surface area (Å²) >= 11 is 0. The minimum Gasteiger partial charge on any atom is -0.394 e. The second-order valence-electron chi connectivity index (χ2n) is 4.60. The monoisotopic (exact) mass is 244 g/mol. The van der Waals surface area contributed by atoms with Gasteiger partial charge in [0.2, 0.25) is 0 Å². The molecule has 5 nitrogen and oxygen atoms in total. The zero-order chi connectivity index (χ0) is 12.5. The normalized spacial score (nSPS) is 23.6. The lowest BCUT2D eigenvalue weighted by molar-refractivity contribution is 0.0909. The number of aliphatic hydroxyl groups is 1. The van der Waals surface area contributed by atoms with Crippen LogP contribution in [0.15, 0.2) is 0 Å². The lowest BCUT2D eigenvalue weighted by atomic mass is 10.1. The molecule has 0 aromatic heterocycles. The Bertz CT molecular complexity index is 224. The summed E-state index contributed by atoms with van der Waals surface area (Å²) in [4.78, 5) is 11.5. The highest BCUT2D eigenvalue weighted by Gasteiger charge is 2.24. The van der Waals surface area contributed by atoms with E-state index in [9.17, 15) is 4.79 Å². The Morgan fingerprint density at radius 2 is 2.24 bits per heavy atom. The summed E-state index contributed by atoms with van der Waals surface area (Å²) in [7, 11) is 0. The molecule has 0 heterocycles. The summed E-state index contributed by atoms with van der Waals surface area (Å²) in [6, 6.07) is 0.256. The standard InChI is InChI=1S/C12H24N2O3/c1-10-4-2-5-11(10)14-12(16)13-6-3-8-17-9-7-15/h10-11,15H,2-9H2,1H3,(H2,13,14,16). The van der Waals surface area contributed by atoms with Gasteiger partial charge in [0.25, 0.3) is 0 Å².